The monoisotopic (exact) mass is 346 g/mol. The first-order valence-corrected chi connectivity index (χ1v) is 7.93. The SMILES string of the molecule is CNC(=O)COC(=O)c1ccccc1NCCc1ccc(Cl)cc1. The predicted molar refractivity (Wildman–Crippen MR) is 94.4 cm³/mol. The van der Waals surface area contributed by atoms with Crippen LogP contribution in [0, 0.1) is 0 Å². The second-order valence-electron chi connectivity index (χ2n) is 5.10. The molecule has 126 valence electrons. The number of amides is 1. The van der Waals surface area contributed by atoms with Gasteiger partial charge in [-0.3, -0.25) is 4.79 Å². The molecule has 0 aromatic heterocycles. The lowest BCUT2D eigenvalue weighted by Gasteiger charge is -2.11. The molecule has 0 radical (unpaired) electrons. The van der Waals surface area contributed by atoms with E-state index in [9.17, 15) is 9.59 Å². The number of rotatable bonds is 7. The Morgan fingerprint density at radius 2 is 1.79 bits per heavy atom. The number of ether oxygens (including phenoxy) is 1. The molecule has 2 N–H and O–H groups in total. The van der Waals surface area contributed by atoms with E-state index in [0.717, 1.165) is 12.0 Å². The van der Waals surface area contributed by atoms with Crippen molar-refractivity contribution in [3.63, 3.8) is 0 Å². The Morgan fingerprint density at radius 3 is 2.50 bits per heavy atom. The molecular formula is C18H19ClN2O3. The molecule has 0 aliphatic heterocycles. The lowest BCUT2D eigenvalue weighted by Crippen LogP contribution is -2.25. The van der Waals surface area contributed by atoms with Crippen molar-refractivity contribution in [3.8, 4) is 0 Å². The largest absolute Gasteiger partial charge is 0.452 e. The van der Waals surface area contributed by atoms with E-state index in [1.165, 1.54) is 7.05 Å². The number of anilines is 1. The molecule has 2 aromatic carbocycles. The maximum atomic E-state index is 12.1. The molecule has 0 bridgehead atoms. The van der Waals surface area contributed by atoms with Gasteiger partial charge in [-0.15, -0.1) is 0 Å². The van der Waals surface area contributed by atoms with Crippen LogP contribution in [0.2, 0.25) is 5.02 Å². The van der Waals surface area contributed by atoms with Crippen molar-refractivity contribution in [1.29, 1.82) is 0 Å². The number of nitrogens with one attached hydrogen (secondary N) is 2. The fraction of sp³-hybridized carbons (Fsp3) is 0.222. The Morgan fingerprint density at radius 1 is 1.08 bits per heavy atom. The van der Waals surface area contributed by atoms with Gasteiger partial charge in [-0.2, -0.15) is 0 Å². The molecule has 0 aliphatic carbocycles. The van der Waals surface area contributed by atoms with Crippen LogP contribution in [0.15, 0.2) is 48.5 Å². The van der Waals surface area contributed by atoms with Gasteiger partial charge in [-0.1, -0.05) is 35.9 Å². The number of hydrogen-bond donors (Lipinski definition) is 2. The number of carbonyl (C=O) groups excluding carboxylic acids is 2. The van der Waals surface area contributed by atoms with Gasteiger partial charge in [0.15, 0.2) is 6.61 Å². The first kappa shape index (κ1) is 17.8. The normalized spacial score (nSPS) is 10.1. The summed E-state index contributed by atoms with van der Waals surface area (Å²) < 4.78 is 4.99. The number of hydrogen-bond acceptors (Lipinski definition) is 4. The Labute approximate surface area is 146 Å². The lowest BCUT2D eigenvalue weighted by atomic mass is 10.1. The van der Waals surface area contributed by atoms with Crippen molar-refractivity contribution in [3.05, 3.63) is 64.7 Å². The predicted octanol–water partition coefficient (Wildman–Crippen LogP) is 2.90. The molecule has 2 rings (SSSR count). The topological polar surface area (TPSA) is 67.4 Å². The summed E-state index contributed by atoms with van der Waals surface area (Å²) in [7, 11) is 1.49. The van der Waals surface area contributed by atoms with Crippen molar-refractivity contribution in [2.24, 2.45) is 0 Å². The number of para-hydroxylation sites is 1. The van der Waals surface area contributed by atoms with Gasteiger partial charge in [0.05, 0.1) is 5.56 Å². The molecule has 0 fully saturated rings. The average Bonchev–Trinajstić information content (AvgIpc) is 2.61. The molecule has 0 spiro atoms. The summed E-state index contributed by atoms with van der Waals surface area (Å²) in [4.78, 5) is 23.3. The van der Waals surface area contributed by atoms with E-state index in [2.05, 4.69) is 10.6 Å². The highest BCUT2D eigenvalue weighted by atomic mass is 35.5. The molecule has 0 heterocycles. The van der Waals surface area contributed by atoms with Crippen LogP contribution >= 0.6 is 11.6 Å². The van der Waals surface area contributed by atoms with Crippen LogP contribution in [-0.2, 0) is 16.0 Å². The van der Waals surface area contributed by atoms with Gasteiger partial charge in [0.25, 0.3) is 5.91 Å². The van der Waals surface area contributed by atoms with Crippen LogP contribution in [0.5, 0.6) is 0 Å². The molecule has 0 unspecified atom stereocenters. The minimum atomic E-state index is -0.534. The molecule has 0 saturated heterocycles. The molecule has 2 aromatic rings. The number of esters is 1. The fourth-order valence-electron chi connectivity index (χ4n) is 2.09. The van der Waals surface area contributed by atoms with Crippen molar-refractivity contribution < 1.29 is 14.3 Å². The van der Waals surface area contributed by atoms with Gasteiger partial charge < -0.3 is 15.4 Å². The highest BCUT2D eigenvalue weighted by Gasteiger charge is 2.13. The molecule has 0 saturated carbocycles. The van der Waals surface area contributed by atoms with Crippen molar-refractivity contribution in [2.75, 3.05) is 25.5 Å². The third-order valence-corrected chi connectivity index (χ3v) is 3.65. The maximum Gasteiger partial charge on any atom is 0.340 e. The summed E-state index contributed by atoms with van der Waals surface area (Å²) in [5, 5.41) is 6.33. The Balaban J connectivity index is 1.94. The molecular weight excluding hydrogens is 328 g/mol. The molecule has 6 heteroatoms. The number of carbonyl (C=O) groups is 2. The van der Waals surface area contributed by atoms with Crippen molar-refractivity contribution in [1.82, 2.24) is 5.32 Å². The first-order chi connectivity index (χ1) is 11.6. The third kappa shape index (κ3) is 5.28. The zero-order chi connectivity index (χ0) is 17.4. The van der Waals surface area contributed by atoms with E-state index >= 15 is 0 Å². The average molecular weight is 347 g/mol. The second kappa shape index (κ2) is 8.93. The lowest BCUT2D eigenvalue weighted by molar-refractivity contribution is -0.123. The first-order valence-electron chi connectivity index (χ1n) is 7.55. The maximum absolute atomic E-state index is 12.1. The fourth-order valence-corrected chi connectivity index (χ4v) is 2.21. The Hall–Kier alpha value is -2.53. The van der Waals surface area contributed by atoms with E-state index < -0.39 is 5.97 Å². The summed E-state index contributed by atoms with van der Waals surface area (Å²) >= 11 is 5.86. The molecule has 24 heavy (non-hydrogen) atoms. The number of benzene rings is 2. The molecule has 0 atom stereocenters. The van der Waals surface area contributed by atoms with Gasteiger partial charge in [0.1, 0.15) is 0 Å². The van der Waals surface area contributed by atoms with Crippen molar-refractivity contribution in [2.45, 2.75) is 6.42 Å². The zero-order valence-corrected chi connectivity index (χ0v) is 14.1. The van der Waals surface area contributed by atoms with Gasteiger partial charge in [-0.25, -0.2) is 4.79 Å². The molecule has 1 amide bonds. The zero-order valence-electron chi connectivity index (χ0n) is 13.3. The van der Waals surface area contributed by atoms with Gasteiger partial charge in [-0.05, 0) is 36.2 Å². The van der Waals surface area contributed by atoms with Crippen LogP contribution < -0.4 is 10.6 Å². The summed E-state index contributed by atoms with van der Waals surface area (Å²) in [6.45, 7) is 0.357. The minimum absolute atomic E-state index is 0.297. The Bertz CT molecular complexity index is 702. The van der Waals surface area contributed by atoms with Crippen LogP contribution in [0.1, 0.15) is 15.9 Å². The van der Waals surface area contributed by atoms with Gasteiger partial charge >= 0.3 is 5.97 Å². The number of likely N-dealkylation sites (N-methyl/N-ethyl adjacent to an activating group) is 1. The van der Waals surface area contributed by atoms with Crippen LogP contribution in [-0.4, -0.2) is 32.1 Å². The van der Waals surface area contributed by atoms with E-state index in [1.807, 2.05) is 30.3 Å². The number of halogens is 1. The quantitative estimate of drug-likeness (QED) is 0.756. The second-order valence-corrected chi connectivity index (χ2v) is 5.53. The summed E-state index contributed by atoms with van der Waals surface area (Å²) in [6, 6.07) is 14.7. The summed E-state index contributed by atoms with van der Waals surface area (Å²) in [5.74, 6) is -0.885. The van der Waals surface area contributed by atoms with E-state index in [0.29, 0.717) is 22.8 Å². The van der Waals surface area contributed by atoms with Gasteiger partial charge in [0.2, 0.25) is 0 Å². The van der Waals surface area contributed by atoms with Crippen LogP contribution in [0.3, 0.4) is 0 Å². The smallest absolute Gasteiger partial charge is 0.340 e. The summed E-state index contributed by atoms with van der Waals surface area (Å²) in [5.41, 5.74) is 2.22. The van der Waals surface area contributed by atoms with Crippen LogP contribution in [0.25, 0.3) is 0 Å². The van der Waals surface area contributed by atoms with Gasteiger partial charge in [0, 0.05) is 24.3 Å². The van der Waals surface area contributed by atoms with E-state index in [1.54, 1.807) is 18.2 Å². The standard InChI is InChI=1S/C18H19ClN2O3/c1-20-17(22)12-24-18(23)15-4-2-3-5-16(15)21-11-10-13-6-8-14(19)9-7-13/h2-9,21H,10-12H2,1H3,(H,20,22). The van der Waals surface area contributed by atoms with Crippen LogP contribution in [0.4, 0.5) is 5.69 Å². The highest BCUT2D eigenvalue weighted by molar-refractivity contribution is 6.30. The molecule has 0 aliphatic rings. The van der Waals surface area contributed by atoms with E-state index in [4.69, 9.17) is 16.3 Å². The molecule has 5 nitrogen and oxygen atoms in total. The highest BCUT2D eigenvalue weighted by Crippen LogP contribution is 2.17. The minimum Gasteiger partial charge on any atom is -0.452 e. The van der Waals surface area contributed by atoms with E-state index in [-0.39, 0.29) is 12.5 Å². The Kier molecular flexibility index (Phi) is 6.63. The third-order valence-electron chi connectivity index (χ3n) is 3.40. The van der Waals surface area contributed by atoms with Crippen molar-refractivity contribution >= 4 is 29.2 Å². The summed E-state index contributed by atoms with van der Waals surface area (Å²) in [6.07, 6.45) is 0.790.